The van der Waals surface area contributed by atoms with Crippen LogP contribution in [-0.4, -0.2) is 17.8 Å². The van der Waals surface area contributed by atoms with Crippen molar-refractivity contribution in [1.29, 1.82) is 0 Å². The van der Waals surface area contributed by atoms with Gasteiger partial charge in [0.15, 0.2) is 0 Å². The summed E-state index contributed by atoms with van der Waals surface area (Å²) < 4.78 is 0. The molecule has 0 spiro atoms. The maximum Gasteiger partial charge on any atom is 0.0822 e. The van der Waals surface area contributed by atoms with Crippen molar-refractivity contribution >= 4 is 0 Å². The molecule has 55 valence electrons. The van der Waals surface area contributed by atoms with Crippen LogP contribution in [0.3, 0.4) is 0 Å². The Kier molecular flexibility index (Phi) is 5.99. The molecule has 0 heterocycles. The molecule has 0 aromatic rings. The van der Waals surface area contributed by atoms with Gasteiger partial charge < -0.3 is 5.11 Å². The lowest BCUT2D eigenvalue weighted by Crippen LogP contribution is -1.98. The van der Waals surface area contributed by atoms with E-state index in [9.17, 15) is 5.11 Å². The molecule has 1 N–H and O–H groups in total. The molecule has 0 rings (SSSR count). The van der Waals surface area contributed by atoms with Gasteiger partial charge in [0.2, 0.25) is 0 Å². The SMILES string of the molecule is CC(O)CCCCC[O]. The first-order valence-corrected chi connectivity index (χ1v) is 3.53. The Balaban J connectivity index is 2.75. The Morgan fingerprint density at radius 1 is 1.33 bits per heavy atom. The van der Waals surface area contributed by atoms with Crippen molar-refractivity contribution < 1.29 is 10.2 Å². The Labute approximate surface area is 56.5 Å². The summed E-state index contributed by atoms with van der Waals surface area (Å²) in [6, 6.07) is 0. The Bertz CT molecular complexity index is 52.9. The molecule has 1 atom stereocenters. The van der Waals surface area contributed by atoms with Crippen molar-refractivity contribution in [3.05, 3.63) is 0 Å². The van der Waals surface area contributed by atoms with Crippen molar-refractivity contribution in [2.75, 3.05) is 6.61 Å². The topological polar surface area (TPSA) is 40.1 Å². The van der Waals surface area contributed by atoms with Crippen molar-refractivity contribution in [2.24, 2.45) is 0 Å². The Morgan fingerprint density at radius 2 is 2.00 bits per heavy atom. The van der Waals surface area contributed by atoms with Gasteiger partial charge in [-0.15, -0.1) is 0 Å². The van der Waals surface area contributed by atoms with Gasteiger partial charge in [-0.2, -0.15) is 0 Å². The summed E-state index contributed by atoms with van der Waals surface area (Å²) in [5.41, 5.74) is 0. The minimum atomic E-state index is -0.198. The highest BCUT2D eigenvalue weighted by molar-refractivity contribution is 4.47. The van der Waals surface area contributed by atoms with Crippen LogP contribution in [0.25, 0.3) is 0 Å². The van der Waals surface area contributed by atoms with E-state index in [-0.39, 0.29) is 12.7 Å². The molecule has 2 heteroatoms. The molecule has 9 heavy (non-hydrogen) atoms. The van der Waals surface area contributed by atoms with Gasteiger partial charge in [-0.1, -0.05) is 12.8 Å². The van der Waals surface area contributed by atoms with Gasteiger partial charge in [0.1, 0.15) is 0 Å². The molecular weight excluding hydrogens is 116 g/mol. The summed E-state index contributed by atoms with van der Waals surface area (Å²) in [5, 5.41) is 18.7. The quantitative estimate of drug-likeness (QED) is 0.562. The van der Waals surface area contributed by atoms with Crippen molar-refractivity contribution in [2.45, 2.75) is 38.7 Å². The third-order valence-electron chi connectivity index (χ3n) is 1.27. The first-order chi connectivity index (χ1) is 4.27. The lowest BCUT2D eigenvalue weighted by Gasteiger charge is -2.00. The standard InChI is InChI=1S/C7H15O2/c1-7(9)5-3-2-4-6-8/h7,9H,2-6H2,1H3. The van der Waals surface area contributed by atoms with E-state index < -0.39 is 0 Å². The number of unbranched alkanes of at least 4 members (excludes halogenated alkanes) is 2. The van der Waals surface area contributed by atoms with Gasteiger partial charge in [0.25, 0.3) is 0 Å². The highest BCUT2D eigenvalue weighted by Gasteiger charge is 1.93. The van der Waals surface area contributed by atoms with E-state index in [1.165, 1.54) is 0 Å². The third kappa shape index (κ3) is 7.92. The molecule has 0 aromatic carbocycles. The average Bonchev–Trinajstić information content (AvgIpc) is 1.80. The summed E-state index contributed by atoms with van der Waals surface area (Å²) in [6.07, 6.45) is 3.35. The monoisotopic (exact) mass is 131 g/mol. The number of aliphatic hydroxyl groups excluding tert-OH is 1. The molecule has 0 aromatic heterocycles. The summed E-state index contributed by atoms with van der Waals surface area (Å²) >= 11 is 0. The highest BCUT2D eigenvalue weighted by Crippen LogP contribution is 2.01. The van der Waals surface area contributed by atoms with Gasteiger partial charge in [0.05, 0.1) is 12.7 Å². The number of hydrogen-bond acceptors (Lipinski definition) is 1. The highest BCUT2D eigenvalue weighted by atomic mass is 16.3. The Morgan fingerprint density at radius 3 is 2.44 bits per heavy atom. The second-order valence-corrected chi connectivity index (χ2v) is 2.40. The van der Waals surface area contributed by atoms with Crippen LogP contribution in [0.15, 0.2) is 0 Å². The summed E-state index contributed by atoms with van der Waals surface area (Å²) in [4.78, 5) is 0. The summed E-state index contributed by atoms with van der Waals surface area (Å²) in [7, 11) is 0. The van der Waals surface area contributed by atoms with Crippen LogP contribution in [0.1, 0.15) is 32.6 Å². The van der Waals surface area contributed by atoms with Crippen LogP contribution in [0, 0.1) is 0 Å². The fraction of sp³-hybridized carbons (Fsp3) is 1.00. The summed E-state index contributed by atoms with van der Waals surface area (Å²) in [6.45, 7) is 1.80. The fourth-order valence-electron chi connectivity index (χ4n) is 0.719. The maximum atomic E-state index is 9.91. The van der Waals surface area contributed by atoms with Crippen LogP contribution in [-0.2, 0) is 5.11 Å². The molecule has 0 bridgehead atoms. The van der Waals surface area contributed by atoms with E-state index >= 15 is 0 Å². The van der Waals surface area contributed by atoms with Gasteiger partial charge in [0, 0.05) is 0 Å². The zero-order valence-electron chi connectivity index (χ0n) is 5.97. The molecular formula is C7H15O2. The fourth-order valence-corrected chi connectivity index (χ4v) is 0.719. The first-order valence-electron chi connectivity index (χ1n) is 3.53. The smallest absolute Gasteiger partial charge is 0.0822 e. The minimum absolute atomic E-state index is 0.0276. The van der Waals surface area contributed by atoms with Gasteiger partial charge in [-0.25, -0.2) is 5.11 Å². The van der Waals surface area contributed by atoms with E-state index in [2.05, 4.69) is 0 Å². The predicted molar refractivity (Wildman–Crippen MR) is 35.7 cm³/mol. The minimum Gasteiger partial charge on any atom is -0.393 e. The van der Waals surface area contributed by atoms with E-state index in [1.54, 1.807) is 6.92 Å². The first kappa shape index (κ1) is 8.92. The largest absolute Gasteiger partial charge is 0.393 e. The van der Waals surface area contributed by atoms with E-state index in [4.69, 9.17) is 5.11 Å². The molecule has 0 saturated heterocycles. The van der Waals surface area contributed by atoms with Crippen LogP contribution in [0.2, 0.25) is 0 Å². The van der Waals surface area contributed by atoms with Crippen molar-refractivity contribution in [3.8, 4) is 0 Å². The average molecular weight is 131 g/mol. The molecule has 0 aliphatic carbocycles. The predicted octanol–water partition coefficient (Wildman–Crippen LogP) is 1.36. The third-order valence-corrected chi connectivity index (χ3v) is 1.27. The van der Waals surface area contributed by atoms with E-state index in [0.29, 0.717) is 0 Å². The molecule has 0 fully saturated rings. The van der Waals surface area contributed by atoms with Crippen LogP contribution < -0.4 is 0 Å². The van der Waals surface area contributed by atoms with Gasteiger partial charge in [-0.05, 0) is 19.8 Å². The lowest BCUT2D eigenvalue weighted by atomic mass is 10.1. The van der Waals surface area contributed by atoms with Crippen LogP contribution >= 0.6 is 0 Å². The molecule has 0 saturated carbocycles. The molecule has 0 aliphatic heterocycles. The zero-order valence-corrected chi connectivity index (χ0v) is 5.97. The lowest BCUT2D eigenvalue weighted by molar-refractivity contribution is 0.168. The number of hydrogen-bond donors (Lipinski definition) is 1. The van der Waals surface area contributed by atoms with Gasteiger partial charge in [-0.3, -0.25) is 0 Å². The Hall–Kier alpha value is -0.0800. The number of aliphatic hydroxyl groups is 1. The second-order valence-electron chi connectivity index (χ2n) is 2.40. The molecule has 1 unspecified atom stereocenters. The van der Waals surface area contributed by atoms with Crippen LogP contribution in [0.4, 0.5) is 0 Å². The van der Waals surface area contributed by atoms with E-state index in [0.717, 1.165) is 25.7 Å². The second kappa shape index (κ2) is 6.05. The normalized spacial score (nSPS) is 13.7. The van der Waals surface area contributed by atoms with E-state index in [1.807, 2.05) is 0 Å². The van der Waals surface area contributed by atoms with Crippen LogP contribution in [0.5, 0.6) is 0 Å². The van der Waals surface area contributed by atoms with Gasteiger partial charge >= 0.3 is 0 Å². The summed E-state index contributed by atoms with van der Waals surface area (Å²) in [5.74, 6) is 0. The number of rotatable bonds is 5. The van der Waals surface area contributed by atoms with Crippen molar-refractivity contribution in [1.82, 2.24) is 0 Å². The molecule has 2 nitrogen and oxygen atoms in total. The molecule has 0 aliphatic rings. The zero-order chi connectivity index (χ0) is 7.11. The van der Waals surface area contributed by atoms with Crippen molar-refractivity contribution in [3.63, 3.8) is 0 Å². The maximum absolute atomic E-state index is 9.91. The molecule has 1 radical (unpaired) electrons. The molecule has 0 amide bonds.